The van der Waals surface area contributed by atoms with Gasteiger partial charge in [-0.25, -0.2) is 0 Å². The fourth-order valence-corrected chi connectivity index (χ4v) is 6.37. The van der Waals surface area contributed by atoms with Crippen molar-refractivity contribution < 1.29 is 14.4 Å². The highest BCUT2D eigenvalue weighted by Crippen LogP contribution is 2.53. The third-order valence-corrected chi connectivity index (χ3v) is 8.49. The number of benzene rings is 3. The molecule has 39 heavy (non-hydrogen) atoms. The number of hydrogen-bond acceptors (Lipinski definition) is 4. The van der Waals surface area contributed by atoms with E-state index in [0.717, 1.165) is 42.6 Å². The van der Waals surface area contributed by atoms with Crippen LogP contribution in [0.15, 0.2) is 84.9 Å². The van der Waals surface area contributed by atoms with Crippen LogP contribution in [-0.2, 0) is 9.59 Å². The molecule has 0 aromatic heterocycles. The Labute approximate surface area is 230 Å². The van der Waals surface area contributed by atoms with Gasteiger partial charge in [0.1, 0.15) is 6.04 Å². The van der Waals surface area contributed by atoms with Gasteiger partial charge in [-0.05, 0) is 30.9 Å². The molecule has 200 valence electrons. The molecule has 6 nitrogen and oxygen atoms in total. The number of rotatable bonds is 6. The molecule has 4 atom stereocenters. The second kappa shape index (κ2) is 10.8. The van der Waals surface area contributed by atoms with Crippen molar-refractivity contribution in [2.45, 2.75) is 37.8 Å². The zero-order valence-corrected chi connectivity index (χ0v) is 22.3. The van der Waals surface area contributed by atoms with E-state index in [9.17, 15) is 14.4 Å². The molecule has 2 heterocycles. The molecule has 3 aliphatic rings. The van der Waals surface area contributed by atoms with Crippen molar-refractivity contribution >= 4 is 17.6 Å². The Hall–Kier alpha value is -3.77. The minimum atomic E-state index is -0.748. The maximum absolute atomic E-state index is 14.5. The second-order valence-electron chi connectivity index (χ2n) is 11.1. The Kier molecular flexibility index (Phi) is 7.05. The average Bonchev–Trinajstić information content (AvgIpc) is 3.78. The van der Waals surface area contributed by atoms with Crippen LogP contribution in [0.5, 0.6) is 0 Å². The topological polar surface area (TPSA) is 69.7 Å². The molecule has 3 fully saturated rings. The minimum Gasteiger partial charge on any atom is -0.338 e. The molecule has 3 aromatic carbocycles. The van der Waals surface area contributed by atoms with Crippen LogP contribution in [0.2, 0.25) is 0 Å². The van der Waals surface area contributed by atoms with Gasteiger partial charge < -0.3 is 15.1 Å². The summed E-state index contributed by atoms with van der Waals surface area (Å²) in [5.74, 6) is -1.23. The van der Waals surface area contributed by atoms with Gasteiger partial charge in [0.2, 0.25) is 11.8 Å². The predicted octanol–water partition coefficient (Wildman–Crippen LogP) is 4.37. The molecule has 6 heteroatoms. The number of aryl methyl sites for hydroxylation is 1. The van der Waals surface area contributed by atoms with E-state index < -0.39 is 23.9 Å². The van der Waals surface area contributed by atoms with Gasteiger partial charge >= 0.3 is 0 Å². The normalized spacial score (nSPS) is 24.9. The molecule has 0 bridgehead atoms. The average molecular weight is 522 g/mol. The van der Waals surface area contributed by atoms with Gasteiger partial charge in [0.15, 0.2) is 5.78 Å². The predicted molar refractivity (Wildman–Crippen MR) is 150 cm³/mol. The molecular weight excluding hydrogens is 486 g/mol. The molecule has 3 aromatic rings. The number of carbonyl (C=O) groups excluding carboxylic acids is 3. The summed E-state index contributed by atoms with van der Waals surface area (Å²) in [5.41, 5.74) is 3.54. The Morgan fingerprint density at radius 2 is 1.36 bits per heavy atom. The standard InChI is InChI=1S/C33H35N3O3/c1-22-12-14-24(15-13-22)29-28(31(37)25-10-6-3-7-11-25)27(23-8-4-2-5-9-23)30(36(29)32(38)26-16-17-26)33(39)35-20-18-34-19-21-35/h2-15,26-30,34H,16-21H2,1H3. The van der Waals surface area contributed by atoms with E-state index in [1.54, 1.807) is 0 Å². The smallest absolute Gasteiger partial charge is 0.246 e. The van der Waals surface area contributed by atoms with Crippen LogP contribution in [0.1, 0.15) is 51.8 Å². The van der Waals surface area contributed by atoms with E-state index in [4.69, 9.17) is 0 Å². The summed E-state index contributed by atoms with van der Waals surface area (Å²) in [4.78, 5) is 46.9. The molecule has 4 unspecified atom stereocenters. The van der Waals surface area contributed by atoms with Gasteiger partial charge in [0.05, 0.1) is 12.0 Å². The Balaban J connectivity index is 1.56. The van der Waals surface area contributed by atoms with Gasteiger partial charge in [-0.1, -0.05) is 90.5 Å². The van der Waals surface area contributed by atoms with Crippen LogP contribution in [0.4, 0.5) is 0 Å². The van der Waals surface area contributed by atoms with Crippen molar-refractivity contribution in [1.82, 2.24) is 15.1 Å². The zero-order chi connectivity index (χ0) is 26.9. The van der Waals surface area contributed by atoms with Gasteiger partial charge in [-0.3, -0.25) is 14.4 Å². The molecule has 1 saturated carbocycles. The number of Topliss-reactive ketones (excluding diaryl/α,β-unsaturated/α-hetero) is 1. The molecule has 0 radical (unpaired) electrons. The summed E-state index contributed by atoms with van der Waals surface area (Å²) in [6, 6.07) is 26.0. The number of likely N-dealkylation sites (tertiary alicyclic amines) is 1. The van der Waals surface area contributed by atoms with Crippen molar-refractivity contribution in [2.24, 2.45) is 11.8 Å². The highest BCUT2D eigenvalue weighted by atomic mass is 16.2. The summed E-state index contributed by atoms with van der Waals surface area (Å²) in [5, 5.41) is 3.33. The first-order valence-corrected chi connectivity index (χ1v) is 14.1. The van der Waals surface area contributed by atoms with Crippen molar-refractivity contribution in [3.63, 3.8) is 0 Å². The first-order valence-electron chi connectivity index (χ1n) is 14.1. The number of carbonyl (C=O) groups is 3. The van der Waals surface area contributed by atoms with Gasteiger partial charge in [0, 0.05) is 43.6 Å². The molecule has 0 spiro atoms. The second-order valence-corrected chi connectivity index (χ2v) is 11.1. The van der Waals surface area contributed by atoms with E-state index in [1.807, 2.05) is 102 Å². The molecular formula is C33H35N3O3. The minimum absolute atomic E-state index is 0.00153. The number of amides is 2. The van der Waals surface area contributed by atoms with Gasteiger partial charge in [0.25, 0.3) is 0 Å². The van der Waals surface area contributed by atoms with Crippen molar-refractivity contribution in [3.8, 4) is 0 Å². The Morgan fingerprint density at radius 1 is 0.744 bits per heavy atom. The summed E-state index contributed by atoms with van der Waals surface area (Å²) < 4.78 is 0. The van der Waals surface area contributed by atoms with E-state index in [0.29, 0.717) is 18.7 Å². The van der Waals surface area contributed by atoms with Gasteiger partial charge in [-0.15, -0.1) is 0 Å². The van der Waals surface area contributed by atoms with Crippen LogP contribution in [0.25, 0.3) is 0 Å². The van der Waals surface area contributed by atoms with E-state index in [1.165, 1.54) is 0 Å². The summed E-state index contributed by atoms with van der Waals surface area (Å²) >= 11 is 0. The number of nitrogens with one attached hydrogen (secondary N) is 1. The van der Waals surface area contributed by atoms with Crippen LogP contribution < -0.4 is 5.32 Å². The molecule has 2 amide bonds. The largest absolute Gasteiger partial charge is 0.338 e. The lowest BCUT2D eigenvalue weighted by molar-refractivity contribution is -0.147. The number of hydrogen-bond donors (Lipinski definition) is 1. The molecule has 1 aliphatic carbocycles. The third-order valence-electron chi connectivity index (χ3n) is 8.49. The van der Waals surface area contributed by atoms with E-state index in [2.05, 4.69) is 5.32 Å². The SMILES string of the molecule is Cc1ccc(C2C(C(=O)c3ccccc3)C(c3ccccc3)C(C(=O)N3CCNCC3)N2C(=O)C2CC2)cc1. The maximum atomic E-state index is 14.5. The third kappa shape index (κ3) is 4.89. The molecule has 1 N–H and O–H groups in total. The summed E-state index contributed by atoms with van der Waals surface area (Å²) in [6.07, 6.45) is 1.66. The number of nitrogens with zero attached hydrogens (tertiary/aromatic N) is 2. The van der Waals surface area contributed by atoms with Crippen molar-refractivity contribution in [1.29, 1.82) is 0 Å². The highest BCUT2D eigenvalue weighted by molar-refractivity contribution is 6.02. The first-order chi connectivity index (χ1) is 19.0. The van der Waals surface area contributed by atoms with Crippen LogP contribution in [-0.4, -0.2) is 59.6 Å². The lowest BCUT2D eigenvalue weighted by Gasteiger charge is -2.36. The first kappa shape index (κ1) is 25.5. The van der Waals surface area contributed by atoms with Crippen LogP contribution >= 0.6 is 0 Å². The molecule has 2 aliphatic heterocycles. The van der Waals surface area contributed by atoms with Crippen LogP contribution in [0.3, 0.4) is 0 Å². The summed E-state index contributed by atoms with van der Waals surface area (Å²) in [7, 11) is 0. The monoisotopic (exact) mass is 521 g/mol. The Bertz CT molecular complexity index is 1330. The summed E-state index contributed by atoms with van der Waals surface area (Å²) in [6.45, 7) is 4.66. The lowest BCUT2D eigenvalue weighted by Crippen LogP contribution is -2.55. The fraction of sp³-hybridized carbons (Fsp3) is 0.364. The van der Waals surface area contributed by atoms with Crippen molar-refractivity contribution in [3.05, 3.63) is 107 Å². The molecule has 2 saturated heterocycles. The highest BCUT2D eigenvalue weighted by Gasteiger charge is 2.59. The number of piperazine rings is 1. The fourth-order valence-electron chi connectivity index (χ4n) is 6.37. The number of ketones is 1. The van der Waals surface area contributed by atoms with Crippen LogP contribution in [0, 0.1) is 18.8 Å². The van der Waals surface area contributed by atoms with Gasteiger partial charge in [-0.2, -0.15) is 0 Å². The van der Waals surface area contributed by atoms with E-state index >= 15 is 0 Å². The quantitative estimate of drug-likeness (QED) is 0.489. The maximum Gasteiger partial charge on any atom is 0.246 e. The molecule has 6 rings (SSSR count). The zero-order valence-electron chi connectivity index (χ0n) is 22.3. The Morgan fingerprint density at radius 3 is 1.97 bits per heavy atom. The van der Waals surface area contributed by atoms with Crippen molar-refractivity contribution in [2.75, 3.05) is 26.2 Å². The van der Waals surface area contributed by atoms with E-state index in [-0.39, 0.29) is 23.5 Å². The lowest BCUT2D eigenvalue weighted by atomic mass is 9.76.